The summed E-state index contributed by atoms with van der Waals surface area (Å²) in [5.74, 6) is -0.950. The van der Waals surface area contributed by atoms with Crippen LogP contribution < -0.4 is 4.72 Å². The van der Waals surface area contributed by atoms with Crippen LogP contribution in [0.3, 0.4) is 0 Å². The number of alkyl halides is 3. The average molecular weight is 241 g/mol. The van der Waals surface area contributed by atoms with E-state index in [1.807, 2.05) is 0 Å². The summed E-state index contributed by atoms with van der Waals surface area (Å²) in [4.78, 5) is 0. The zero-order chi connectivity index (χ0) is 11.6. The Morgan fingerprint density at radius 1 is 1.27 bits per heavy atom. The molecule has 0 heterocycles. The largest absolute Gasteiger partial charge is 0.507 e. The molecule has 15 heavy (non-hydrogen) atoms. The highest BCUT2D eigenvalue weighted by Crippen LogP contribution is 2.36. The monoisotopic (exact) mass is 241 g/mol. The van der Waals surface area contributed by atoms with Crippen molar-refractivity contribution in [3.05, 3.63) is 23.8 Å². The molecule has 1 rings (SSSR count). The highest BCUT2D eigenvalue weighted by atomic mass is 32.2. The third-order valence-electron chi connectivity index (χ3n) is 1.52. The number of aromatic hydroxyl groups is 1. The van der Waals surface area contributed by atoms with Crippen molar-refractivity contribution < 1.29 is 26.7 Å². The smallest absolute Gasteiger partial charge is 0.420 e. The quantitative estimate of drug-likeness (QED) is 0.541. The lowest BCUT2D eigenvalue weighted by atomic mass is 10.2. The normalized spacial score (nSPS) is 11.7. The summed E-state index contributed by atoms with van der Waals surface area (Å²) < 4.78 is 58.9. The van der Waals surface area contributed by atoms with Crippen molar-refractivity contribution in [3.8, 4) is 5.75 Å². The molecule has 84 valence electrons. The molecule has 1 aromatic rings. The second-order valence-electron chi connectivity index (χ2n) is 2.60. The van der Waals surface area contributed by atoms with Crippen molar-refractivity contribution in [1.29, 1.82) is 0 Å². The van der Waals surface area contributed by atoms with Crippen molar-refractivity contribution in [3.63, 3.8) is 0 Å². The Morgan fingerprint density at radius 2 is 1.87 bits per heavy atom. The first kappa shape index (κ1) is 11.6. The van der Waals surface area contributed by atoms with Crippen molar-refractivity contribution in [2.45, 2.75) is 6.18 Å². The van der Waals surface area contributed by atoms with Gasteiger partial charge in [0, 0.05) is 5.69 Å². The Hall–Kier alpha value is -1.44. The summed E-state index contributed by atoms with van der Waals surface area (Å²) in [6.07, 6.45) is -4.73. The van der Waals surface area contributed by atoms with E-state index in [9.17, 15) is 21.6 Å². The molecule has 0 aromatic heterocycles. The van der Waals surface area contributed by atoms with Crippen LogP contribution >= 0.6 is 0 Å². The molecule has 4 nitrogen and oxygen atoms in total. The van der Waals surface area contributed by atoms with Gasteiger partial charge in [-0.15, -0.1) is 0 Å². The number of rotatable bonds is 2. The van der Waals surface area contributed by atoms with Crippen LogP contribution in [0.4, 0.5) is 18.9 Å². The fourth-order valence-corrected chi connectivity index (χ4v) is 1.29. The summed E-state index contributed by atoms with van der Waals surface area (Å²) in [6, 6.07) is 2.31. The van der Waals surface area contributed by atoms with Crippen molar-refractivity contribution in [2.24, 2.45) is 0 Å². The van der Waals surface area contributed by atoms with Crippen LogP contribution in [0.25, 0.3) is 0 Å². The van der Waals surface area contributed by atoms with Gasteiger partial charge in [-0.1, -0.05) is 0 Å². The first-order chi connectivity index (χ1) is 6.80. The van der Waals surface area contributed by atoms with Crippen LogP contribution in [0.15, 0.2) is 18.2 Å². The standard InChI is InChI=1S/C7H6F3NO3S/c8-7(9,10)5-3-4(11-15(13)14)1-2-6(5)12/h1-3,12,15H,(H,11,13,14). The molecule has 1 aromatic carbocycles. The molecule has 0 atom stereocenters. The highest BCUT2D eigenvalue weighted by Gasteiger charge is 2.34. The number of benzene rings is 1. The molecule has 0 spiro atoms. The summed E-state index contributed by atoms with van der Waals surface area (Å²) in [6.45, 7) is 0. The second-order valence-corrected chi connectivity index (χ2v) is 3.34. The van der Waals surface area contributed by atoms with E-state index in [2.05, 4.69) is 0 Å². The van der Waals surface area contributed by atoms with E-state index in [-0.39, 0.29) is 5.69 Å². The topological polar surface area (TPSA) is 66.4 Å². The predicted octanol–water partition coefficient (Wildman–Crippen LogP) is 1.35. The van der Waals surface area contributed by atoms with Crippen LogP contribution in [0.5, 0.6) is 5.75 Å². The fourth-order valence-electron chi connectivity index (χ4n) is 0.938. The lowest BCUT2D eigenvalue weighted by Crippen LogP contribution is -2.06. The molecule has 0 amide bonds. The second kappa shape index (κ2) is 3.97. The lowest BCUT2D eigenvalue weighted by molar-refractivity contribution is -0.138. The molecule has 2 N–H and O–H groups in total. The molecule has 0 radical (unpaired) electrons. The highest BCUT2D eigenvalue weighted by molar-refractivity contribution is 7.73. The van der Waals surface area contributed by atoms with Crippen LogP contribution in [0.1, 0.15) is 5.56 Å². The summed E-state index contributed by atoms with van der Waals surface area (Å²) in [5.41, 5.74) is -1.54. The maximum absolute atomic E-state index is 12.2. The van der Waals surface area contributed by atoms with E-state index in [1.165, 1.54) is 0 Å². The molecular weight excluding hydrogens is 235 g/mol. The Kier molecular flexibility index (Phi) is 3.08. The minimum Gasteiger partial charge on any atom is -0.507 e. The maximum atomic E-state index is 12.2. The average Bonchev–Trinajstić information content (AvgIpc) is 2.05. The fraction of sp³-hybridized carbons (Fsp3) is 0.143. The molecule has 0 aliphatic heterocycles. The van der Waals surface area contributed by atoms with E-state index >= 15 is 0 Å². The van der Waals surface area contributed by atoms with Gasteiger partial charge >= 0.3 is 6.18 Å². The number of anilines is 1. The van der Waals surface area contributed by atoms with Crippen LogP contribution in [0.2, 0.25) is 0 Å². The molecule has 0 fully saturated rings. The number of hydrogen-bond donors (Lipinski definition) is 3. The number of nitrogens with one attached hydrogen (secondary N) is 1. The minimum atomic E-state index is -4.73. The minimum absolute atomic E-state index is 0.253. The first-order valence-electron chi connectivity index (χ1n) is 3.62. The van der Waals surface area contributed by atoms with Crippen molar-refractivity contribution >= 4 is 16.6 Å². The molecular formula is C7H6F3NO3S. The summed E-state index contributed by atoms with van der Waals surface area (Å²) >= 11 is 0. The molecule has 0 saturated heterocycles. The van der Waals surface area contributed by atoms with Crippen LogP contribution in [-0.4, -0.2) is 13.5 Å². The summed E-state index contributed by atoms with van der Waals surface area (Å²) in [5, 5.41) is 8.91. The van der Waals surface area contributed by atoms with Gasteiger partial charge < -0.3 is 5.11 Å². The number of hydrogen-bond acceptors (Lipinski definition) is 3. The van der Waals surface area contributed by atoms with Gasteiger partial charge in [-0.25, -0.2) is 8.42 Å². The third kappa shape index (κ3) is 3.01. The number of halogens is 3. The van der Waals surface area contributed by atoms with Crippen LogP contribution in [-0.2, 0) is 17.1 Å². The van der Waals surface area contributed by atoms with Gasteiger partial charge in [0.2, 0.25) is 10.9 Å². The van der Waals surface area contributed by atoms with Crippen LogP contribution in [0, 0.1) is 0 Å². The molecule has 0 aliphatic rings. The van der Waals surface area contributed by atoms with E-state index in [0.29, 0.717) is 6.07 Å². The van der Waals surface area contributed by atoms with Crippen molar-refractivity contribution in [1.82, 2.24) is 0 Å². The Morgan fingerprint density at radius 3 is 2.33 bits per heavy atom. The number of phenols is 1. The zero-order valence-corrected chi connectivity index (χ0v) is 7.97. The zero-order valence-electron chi connectivity index (χ0n) is 7.08. The van der Waals surface area contributed by atoms with E-state index in [0.717, 1.165) is 12.1 Å². The van der Waals surface area contributed by atoms with E-state index in [1.54, 1.807) is 4.72 Å². The molecule has 0 unspecified atom stereocenters. The maximum Gasteiger partial charge on any atom is 0.420 e. The van der Waals surface area contributed by atoms with Gasteiger partial charge in [-0.3, -0.25) is 4.72 Å². The van der Waals surface area contributed by atoms with Gasteiger partial charge in [-0.2, -0.15) is 13.2 Å². The predicted molar refractivity (Wildman–Crippen MR) is 47.0 cm³/mol. The lowest BCUT2D eigenvalue weighted by Gasteiger charge is -2.09. The first-order valence-corrected chi connectivity index (χ1v) is 4.79. The van der Waals surface area contributed by atoms with Gasteiger partial charge in [0.05, 0.1) is 5.56 Å². The number of thiol groups is 1. The third-order valence-corrected chi connectivity index (χ3v) is 1.96. The number of phenolic OH excluding ortho intramolecular Hbond substituents is 1. The Bertz CT molecular complexity index is 434. The van der Waals surface area contributed by atoms with Crippen molar-refractivity contribution in [2.75, 3.05) is 4.72 Å². The molecule has 0 aliphatic carbocycles. The SMILES string of the molecule is O=[SH](=O)Nc1ccc(O)c(C(F)(F)F)c1. The van der Waals surface area contributed by atoms with Gasteiger partial charge in [0.1, 0.15) is 5.75 Å². The molecule has 0 bridgehead atoms. The molecule has 0 saturated carbocycles. The summed E-state index contributed by atoms with van der Waals surface area (Å²) in [7, 11) is -3.03. The molecule has 8 heteroatoms. The van der Waals surface area contributed by atoms with Gasteiger partial charge in [-0.05, 0) is 18.2 Å². The van der Waals surface area contributed by atoms with Gasteiger partial charge in [0.25, 0.3) is 0 Å². The Labute approximate surface area is 84.4 Å². The van der Waals surface area contributed by atoms with E-state index < -0.39 is 28.4 Å². The van der Waals surface area contributed by atoms with Gasteiger partial charge in [0.15, 0.2) is 0 Å². The Balaban J connectivity index is 3.17. The van der Waals surface area contributed by atoms with E-state index in [4.69, 9.17) is 5.11 Å².